The van der Waals surface area contributed by atoms with Crippen LogP contribution in [0.15, 0.2) is 91.0 Å². The van der Waals surface area contributed by atoms with Crippen LogP contribution in [-0.4, -0.2) is 55.2 Å². The van der Waals surface area contributed by atoms with Crippen LogP contribution in [-0.2, 0) is 19.5 Å². The molecule has 3 unspecified atom stereocenters. The Labute approximate surface area is 223 Å². The van der Waals surface area contributed by atoms with Crippen LogP contribution in [0.4, 0.5) is 0 Å². The van der Waals surface area contributed by atoms with E-state index in [2.05, 4.69) is 107 Å². The Morgan fingerprint density at radius 2 is 1.30 bits per heavy atom. The third kappa shape index (κ3) is 9.67. The van der Waals surface area contributed by atoms with E-state index in [1.807, 2.05) is 6.92 Å². The van der Waals surface area contributed by atoms with Crippen molar-refractivity contribution in [3.8, 4) is 0 Å². The number of hydrogen-bond donors (Lipinski definition) is 5. The minimum absolute atomic E-state index is 0.0673. The second-order valence-electron chi connectivity index (χ2n) is 10.2. The summed E-state index contributed by atoms with van der Waals surface area (Å²) in [6.07, 6.45) is 1.77. The SMILES string of the molecule is CC(N)CNC(CN)CC(CNCCN)(Cc1ccccc1)N(Cc1ccccc1)Cc1ccccc1. The first-order valence-corrected chi connectivity index (χ1v) is 13.5. The van der Waals surface area contributed by atoms with Gasteiger partial charge in [-0.1, -0.05) is 91.0 Å². The molecule has 37 heavy (non-hydrogen) atoms. The second kappa shape index (κ2) is 15.6. The average Bonchev–Trinajstić information content (AvgIpc) is 2.92. The van der Waals surface area contributed by atoms with Crippen molar-refractivity contribution < 1.29 is 0 Å². The Balaban J connectivity index is 2.07. The van der Waals surface area contributed by atoms with Gasteiger partial charge in [-0.2, -0.15) is 0 Å². The molecule has 0 aromatic heterocycles. The standard InChI is InChI=1S/C31H46N6/c1-26(34)22-36-30(21-33)20-31(25-35-18-17-32,19-27-11-5-2-6-12-27)37(23-28-13-7-3-8-14-28)24-29-15-9-4-10-16-29/h2-16,26,30,35-36H,17-25,32-34H2,1H3. The number of nitrogens with zero attached hydrogens (tertiary/aromatic N) is 1. The Kier molecular flexibility index (Phi) is 12.2. The summed E-state index contributed by atoms with van der Waals surface area (Å²) in [6, 6.07) is 32.5. The van der Waals surface area contributed by atoms with Gasteiger partial charge in [0.05, 0.1) is 0 Å². The maximum atomic E-state index is 6.36. The van der Waals surface area contributed by atoms with E-state index in [4.69, 9.17) is 17.2 Å². The van der Waals surface area contributed by atoms with Crippen LogP contribution in [0.1, 0.15) is 30.0 Å². The van der Waals surface area contributed by atoms with Crippen molar-refractivity contribution in [1.29, 1.82) is 0 Å². The van der Waals surface area contributed by atoms with Crippen molar-refractivity contribution in [3.05, 3.63) is 108 Å². The molecule has 200 valence electrons. The fourth-order valence-electron chi connectivity index (χ4n) is 5.01. The molecule has 6 nitrogen and oxygen atoms in total. The van der Waals surface area contributed by atoms with Crippen LogP contribution in [0.2, 0.25) is 0 Å². The highest BCUT2D eigenvalue weighted by Gasteiger charge is 2.39. The summed E-state index contributed by atoms with van der Waals surface area (Å²) in [7, 11) is 0. The van der Waals surface area contributed by atoms with Gasteiger partial charge in [0.1, 0.15) is 0 Å². The Morgan fingerprint density at radius 1 is 0.784 bits per heavy atom. The molecule has 0 saturated carbocycles. The zero-order valence-electron chi connectivity index (χ0n) is 22.4. The molecule has 3 aromatic rings. The van der Waals surface area contributed by atoms with Gasteiger partial charge in [-0.15, -0.1) is 0 Å². The van der Waals surface area contributed by atoms with Crippen LogP contribution in [0.3, 0.4) is 0 Å². The molecule has 0 spiro atoms. The summed E-state index contributed by atoms with van der Waals surface area (Å²) < 4.78 is 0. The van der Waals surface area contributed by atoms with Gasteiger partial charge in [0.15, 0.2) is 0 Å². The van der Waals surface area contributed by atoms with E-state index >= 15 is 0 Å². The van der Waals surface area contributed by atoms with Crippen LogP contribution in [0, 0.1) is 0 Å². The number of nitrogens with two attached hydrogens (primary N) is 3. The summed E-state index contributed by atoms with van der Waals surface area (Å²) in [5, 5.41) is 7.34. The first kappa shape index (κ1) is 29.0. The number of hydrogen-bond acceptors (Lipinski definition) is 6. The minimum atomic E-state index is -0.225. The third-order valence-corrected chi connectivity index (χ3v) is 6.89. The average molecular weight is 503 g/mol. The fraction of sp³-hybridized carbons (Fsp3) is 0.419. The Hall–Kier alpha value is -2.58. The molecule has 0 aliphatic carbocycles. The van der Waals surface area contributed by atoms with Crippen LogP contribution < -0.4 is 27.8 Å². The van der Waals surface area contributed by atoms with Gasteiger partial charge in [0.25, 0.3) is 0 Å². The molecule has 0 aliphatic rings. The van der Waals surface area contributed by atoms with Crippen molar-refractivity contribution >= 4 is 0 Å². The molecule has 3 aromatic carbocycles. The van der Waals surface area contributed by atoms with E-state index in [1.54, 1.807) is 0 Å². The number of benzene rings is 3. The third-order valence-electron chi connectivity index (χ3n) is 6.89. The molecular weight excluding hydrogens is 456 g/mol. The highest BCUT2D eigenvalue weighted by atomic mass is 15.2. The fourth-order valence-corrected chi connectivity index (χ4v) is 5.01. The maximum absolute atomic E-state index is 6.36. The molecule has 0 heterocycles. The lowest BCUT2D eigenvalue weighted by Crippen LogP contribution is -2.60. The van der Waals surface area contributed by atoms with E-state index in [1.165, 1.54) is 16.7 Å². The monoisotopic (exact) mass is 502 g/mol. The predicted octanol–water partition coefficient (Wildman–Crippen LogP) is 2.87. The molecule has 0 fully saturated rings. The first-order chi connectivity index (χ1) is 18.0. The van der Waals surface area contributed by atoms with E-state index in [0.29, 0.717) is 13.1 Å². The molecule has 3 atom stereocenters. The molecule has 3 rings (SSSR count). The van der Waals surface area contributed by atoms with Crippen molar-refractivity contribution in [2.45, 2.75) is 50.5 Å². The number of rotatable bonds is 17. The molecule has 0 amide bonds. The summed E-state index contributed by atoms with van der Waals surface area (Å²) in [4.78, 5) is 2.64. The van der Waals surface area contributed by atoms with Gasteiger partial charge in [-0.05, 0) is 36.5 Å². The highest BCUT2D eigenvalue weighted by Crippen LogP contribution is 2.30. The van der Waals surface area contributed by atoms with Crippen LogP contribution in [0.5, 0.6) is 0 Å². The van der Waals surface area contributed by atoms with Gasteiger partial charge in [0, 0.05) is 63.4 Å². The normalized spacial score (nSPS) is 14.8. The van der Waals surface area contributed by atoms with Crippen molar-refractivity contribution in [3.63, 3.8) is 0 Å². The lowest BCUT2D eigenvalue weighted by molar-refractivity contribution is 0.0510. The van der Waals surface area contributed by atoms with Crippen molar-refractivity contribution in [2.75, 3.05) is 32.7 Å². The predicted molar refractivity (Wildman–Crippen MR) is 156 cm³/mol. The number of nitrogens with one attached hydrogen (secondary N) is 2. The molecule has 0 bridgehead atoms. The Morgan fingerprint density at radius 3 is 1.76 bits per heavy atom. The molecule has 0 radical (unpaired) electrons. The molecule has 0 saturated heterocycles. The van der Waals surface area contributed by atoms with Crippen molar-refractivity contribution in [1.82, 2.24) is 15.5 Å². The Bertz CT molecular complexity index is 941. The van der Waals surface area contributed by atoms with Gasteiger partial charge in [-0.25, -0.2) is 0 Å². The first-order valence-electron chi connectivity index (χ1n) is 13.5. The summed E-state index contributed by atoms with van der Waals surface area (Å²) in [5.74, 6) is 0. The van der Waals surface area contributed by atoms with Crippen molar-refractivity contribution in [2.24, 2.45) is 17.2 Å². The van der Waals surface area contributed by atoms with E-state index in [0.717, 1.165) is 45.6 Å². The molecule has 6 heteroatoms. The topological polar surface area (TPSA) is 105 Å². The largest absolute Gasteiger partial charge is 0.329 e. The van der Waals surface area contributed by atoms with Gasteiger partial charge < -0.3 is 27.8 Å². The molecule has 8 N–H and O–H groups in total. The van der Waals surface area contributed by atoms with Crippen LogP contribution in [0.25, 0.3) is 0 Å². The summed E-state index contributed by atoms with van der Waals surface area (Å²) in [5.41, 5.74) is 22.1. The zero-order valence-corrected chi connectivity index (χ0v) is 22.4. The summed E-state index contributed by atoms with van der Waals surface area (Å²) in [6.45, 7) is 7.13. The molecule has 0 aliphatic heterocycles. The minimum Gasteiger partial charge on any atom is -0.329 e. The quantitative estimate of drug-likeness (QED) is 0.182. The van der Waals surface area contributed by atoms with Gasteiger partial charge in [-0.3, -0.25) is 4.90 Å². The summed E-state index contributed by atoms with van der Waals surface area (Å²) >= 11 is 0. The van der Waals surface area contributed by atoms with E-state index < -0.39 is 0 Å². The zero-order chi connectivity index (χ0) is 26.3. The molecular formula is C31H46N6. The smallest absolute Gasteiger partial charge is 0.0396 e. The second-order valence-corrected chi connectivity index (χ2v) is 10.2. The van der Waals surface area contributed by atoms with E-state index in [9.17, 15) is 0 Å². The van der Waals surface area contributed by atoms with Gasteiger partial charge >= 0.3 is 0 Å². The lowest BCUT2D eigenvalue weighted by atomic mass is 9.81. The van der Waals surface area contributed by atoms with Gasteiger partial charge in [0.2, 0.25) is 0 Å². The van der Waals surface area contributed by atoms with E-state index in [-0.39, 0.29) is 17.6 Å². The lowest BCUT2D eigenvalue weighted by Gasteiger charge is -2.47. The highest BCUT2D eigenvalue weighted by molar-refractivity contribution is 5.22. The van der Waals surface area contributed by atoms with Crippen LogP contribution >= 0.6 is 0 Å². The maximum Gasteiger partial charge on any atom is 0.0396 e.